The highest BCUT2D eigenvalue weighted by atomic mass is 16.3. The fraction of sp³-hybridized carbons (Fsp3) is 0.941. The quantitative estimate of drug-likeness (QED) is 0.787. The van der Waals surface area contributed by atoms with Crippen LogP contribution in [0.1, 0.15) is 52.9 Å². The lowest BCUT2D eigenvalue weighted by Crippen LogP contribution is -2.40. The van der Waals surface area contributed by atoms with Gasteiger partial charge in [0.2, 0.25) is 0 Å². The van der Waals surface area contributed by atoms with Crippen molar-refractivity contribution in [1.29, 1.82) is 0 Å². The summed E-state index contributed by atoms with van der Waals surface area (Å²) < 4.78 is 0. The summed E-state index contributed by atoms with van der Waals surface area (Å²) in [5, 5.41) is 10.4. The molecule has 0 aromatic rings. The Kier molecular flexibility index (Phi) is 8.27. The maximum absolute atomic E-state index is 8.36. The fourth-order valence-corrected chi connectivity index (χ4v) is 3.67. The number of carboxylic acid groups (broad SMARTS) is 1. The smallest absolute Gasteiger partial charge is 0.290 e. The van der Waals surface area contributed by atoms with E-state index in [-0.39, 0.29) is 6.47 Å². The van der Waals surface area contributed by atoms with E-state index in [2.05, 4.69) is 31.0 Å². The largest absolute Gasteiger partial charge is 0.483 e. The Morgan fingerprint density at radius 3 is 2.10 bits per heavy atom. The molecular weight excluding hydrogens is 264 g/mol. The molecule has 0 unspecified atom stereocenters. The van der Waals surface area contributed by atoms with Gasteiger partial charge in [0.1, 0.15) is 0 Å². The molecule has 4 nitrogen and oxygen atoms in total. The molecule has 2 aliphatic heterocycles. The van der Waals surface area contributed by atoms with Crippen LogP contribution in [0.3, 0.4) is 0 Å². The zero-order chi connectivity index (χ0) is 15.7. The molecule has 2 aliphatic rings. The zero-order valence-corrected chi connectivity index (χ0v) is 14.1. The molecule has 2 N–H and O–H groups in total. The van der Waals surface area contributed by atoms with E-state index in [1.807, 2.05) is 0 Å². The summed E-state index contributed by atoms with van der Waals surface area (Å²) in [6.07, 6.45) is 7.06. The van der Waals surface area contributed by atoms with Gasteiger partial charge in [-0.15, -0.1) is 0 Å². The Labute approximate surface area is 130 Å². The highest BCUT2D eigenvalue weighted by Crippen LogP contribution is 2.31. The van der Waals surface area contributed by atoms with E-state index in [0.717, 1.165) is 11.8 Å². The van der Waals surface area contributed by atoms with Crippen LogP contribution >= 0.6 is 0 Å². The summed E-state index contributed by atoms with van der Waals surface area (Å²) in [5.74, 6) is 1.94. The third-order valence-corrected chi connectivity index (χ3v) is 4.58. The van der Waals surface area contributed by atoms with Crippen LogP contribution in [0.15, 0.2) is 0 Å². The number of nitrogens with zero attached hydrogens (tertiary/aromatic N) is 1. The Morgan fingerprint density at radius 1 is 1.10 bits per heavy atom. The van der Waals surface area contributed by atoms with Crippen molar-refractivity contribution < 1.29 is 9.90 Å². The van der Waals surface area contributed by atoms with Crippen LogP contribution in [-0.2, 0) is 4.79 Å². The molecule has 0 aromatic heterocycles. The van der Waals surface area contributed by atoms with Crippen LogP contribution in [0, 0.1) is 17.3 Å². The molecular formula is C17H34N2O2. The molecule has 4 heteroatoms. The van der Waals surface area contributed by atoms with Crippen LogP contribution in [0.25, 0.3) is 0 Å². The van der Waals surface area contributed by atoms with E-state index in [4.69, 9.17) is 9.90 Å². The Balaban J connectivity index is 0.000000677. The SMILES string of the molecule is CC(C)(C)CC1CCN(CC2CCNCC2)CC1.O=CO. The van der Waals surface area contributed by atoms with Crippen molar-refractivity contribution in [3.8, 4) is 0 Å². The lowest BCUT2D eigenvalue weighted by molar-refractivity contribution is -0.122. The molecule has 124 valence electrons. The second kappa shape index (κ2) is 9.42. The molecule has 0 aliphatic carbocycles. The third-order valence-electron chi connectivity index (χ3n) is 4.58. The number of piperidine rings is 2. The Bertz CT molecular complexity index is 275. The van der Waals surface area contributed by atoms with Gasteiger partial charge in [-0.2, -0.15) is 0 Å². The third kappa shape index (κ3) is 8.42. The molecule has 21 heavy (non-hydrogen) atoms. The first-order valence-electron chi connectivity index (χ1n) is 8.45. The van der Waals surface area contributed by atoms with Gasteiger partial charge in [-0.25, -0.2) is 0 Å². The summed E-state index contributed by atoms with van der Waals surface area (Å²) in [6, 6.07) is 0. The molecule has 0 radical (unpaired) electrons. The number of hydrogen-bond acceptors (Lipinski definition) is 3. The molecule has 0 atom stereocenters. The van der Waals surface area contributed by atoms with Crippen LogP contribution in [0.2, 0.25) is 0 Å². The first-order chi connectivity index (χ1) is 9.94. The van der Waals surface area contributed by atoms with Gasteiger partial charge in [-0.1, -0.05) is 20.8 Å². The summed E-state index contributed by atoms with van der Waals surface area (Å²) in [5.41, 5.74) is 0.516. The number of carbonyl (C=O) groups is 1. The number of likely N-dealkylation sites (tertiary alicyclic amines) is 1. The topological polar surface area (TPSA) is 52.6 Å². The van der Waals surface area contributed by atoms with Gasteiger partial charge in [0.25, 0.3) is 6.47 Å². The summed E-state index contributed by atoms with van der Waals surface area (Å²) >= 11 is 0. The molecule has 2 fully saturated rings. The van der Waals surface area contributed by atoms with Gasteiger partial charge < -0.3 is 15.3 Å². The van der Waals surface area contributed by atoms with Crippen LogP contribution < -0.4 is 5.32 Å². The monoisotopic (exact) mass is 298 g/mol. The predicted octanol–water partition coefficient (Wildman–Crippen LogP) is 2.84. The van der Waals surface area contributed by atoms with Gasteiger partial charge in [0.05, 0.1) is 0 Å². The van der Waals surface area contributed by atoms with Gasteiger partial charge in [0, 0.05) is 6.54 Å². The second-order valence-electron chi connectivity index (χ2n) is 7.81. The van der Waals surface area contributed by atoms with Gasteiger partial charge in [-0.3, -0.25) is 4.79 Å². The normalized spacial score (nSPS) is 22.4. The molecule has 0 spiro atoms. The van der Waals surface area contributed by atoms with Crippen molar-refractivity contribution in [2.75, 3.05) is 32.7 Å². The predicted molar refractivity (Wildman–Crippen MR) is 87.5 cm³/mol. The van der Waals surface area contributed by atoms with Gasteiger partial charge in [-0.05, 0) is 75.5 Å². The first kappa shape index (κ1) is 18.4. The number of rotatable bonds is 3. The molecule has 0 bridgehead atoms. The lowest BCUT2D eigenvalue weighted by atomic mass is 9.80. The Hall–Kier alpha value is -0.610. The molecule has 0 aromatic carbocycles. The number of hydrogen-bond donors (Lipinski definition) is 2. The molecule has 2 rings (SSSR count). The standard InChI is InChI=1S/C16H32N2.CH2O2/c1-16(2,3)12-14-6-10-18(11-7-14)13-15-4-8-17-9-5-15;2-1-3/h14-15,17H,4-13H2,1-3H3;1H,(H,2,3). The minimum Gasteiger partial charge on any atom is -0.483 e. The van der Waals surface area contributed by atoms with Crippen LogP contribution in [0.5, 0.6) is 0 Å². The fourth-order valence-electron chi connectivity index (χ4n) is 3.67. The Morgan fingerprint density at radius 2 is 1.62 bits per heavy atom. The first-order valence-corrected chi connectivity index (χ1v) is 8.45. The van der Waals surface area contributed by atoms with Crippen molar-refractivity contribution in [2.24, 2.45) is 17.3 Å². The lowest BCUT2D eigenvalue weighted by Gasteiger charge is -2.37. The van der Waals surface area contributed by atoms with Crippen molar-refractivity contribution in [3.05, 3.63) is 0 Å². The maximum atomic E-state index is 8.36. The zero-order valence-electron chi connectivity index (χ0n) is 14.1. The average molecular weight is 298 g/mol. The molecule has 2 heterocycles. The van der Waals surface area contributed by atoms with Gasteiger partial charge in [0.15, 0.2) is 0 Å². The molecule has 0 saturated carbocycles. The molecule has 0 amide bonds. The van der Waals surface area contributed by atoms with E-state index in [0.29, 0.717) is 5.41 Å². The minimum atomic E-state index is -0.250. The van der Waals surface area contributed by atoms with Crippen molar-refractivity contribution >= 4 is 6.47 Å². The summed E-state index contributed by atoms with van der Waals surface area (Å²) in [4.78, 5) is 11.1. The highest BCUT2D eigenvalue weighted by molar-refractivity contribution is 5.32. The maximum Gasteiger partial charge on any atom is 0.290 e. The minimum absolute atomic E-state index is 0.250. The van der Waals surface area contributed by atoms with E-state index in [9.17, 15) is 0 Å². The van der Waals surface area contributed by atoms with E-state index in [1.54, 1.807) is 0 Å². The van der Waals surface area contributed by atoms with Crippen molar-refractivity contribution in [1.82, 2.24) is 10.2 Å². The van der Waals surface area contributed by atoms with Crippen molar-refractivity contribution in [2.45, 2.75) is 52.9 Å². The molecule has 2 saturated heterocycles. The van der Waals surface area contributed by atoms with E-state index < -0.39 is 0 Å². The van der Waals surface area contributed by atoms with E-state index >= 15 is 0 Å². The highest BCUT2D eigenvalue weighted by Gasteiger charge is 2.25. The van der Waals surface area contributed by atoms with Gasteiger partial charge >= 0.3 is 0 Å². The van der Waals surface area contributed by atoms with Crippen molar-refractivity contribution in [3.63, 3.8) is 0 Å². The average Bonchev–Trinajstić information content (AvgIpc) is 2.41. The summed E-state index contributed by atoms with van der Waals surface area (Å²) in [6.45, 7) is 13.5. The second-order valence-corrected chi connectivity index (χ2v) is 7.81. The summed E-state index contributed by atoms with van der Waals surface area (Å²) in [7, 11) is 0. The van der Waals surface area contributed by atoms with Crippen LogP contribution in [-0.4, -0.2) is 49.2 Å². The van der Waals surface area contributed by atoms with Crippen LogP contribution in [0.4, 0.5) is 0 Å². The van der Waals surface area contributed by atoms with E-state index in [1.165, 1.54) is 64.8 Å². The number of nitrogens with one attached hydrogen (secondary N) is 1.